The first kappa shape index (κ1) is 18.6. The number of benzene rings is 2. The summed E-state index contributed by atoms with van der Waals surface area (Å²) in [5.41, 5.74) is 4.54. The number of Topliss-reactive ketones (excluding diaryl/α,β-unsaturated/α-hetero) is 1. The summed E-state index contributed by atoms with van der Waals surface area (Å²) in [6.07, 6.45) is 1.84. The van der Waals surface area contributed by atoms with Crippen LogP contribution < -0.4 is 0 Å². The molecule has 1 atom stereocenters. The maximum Gasteiger partial charge on any atom is 0.210 e. The molecule has 0 amide bonds. The lowest BCUT2D eigenvalue weighted by Gasteiger charge is -2.20. The van der Waals surface area contributed by atoms with Gasteiger partial charge in [0.25, 0.3) is 0 Å². The predicted molar refractivity (Wildman–Crippen MR) is 106 cm³/mol. The van der Waals surface area contributed by atoms with Crippen molar-refractivity contribution in [2.75, 3.05) is 0 Å². The van der Waals surface area contributed by atoms with Crippen LogP contribution in [0.1, 0.15) is 42.9 Å². The van der Waals surface area contributed by atoms with Gasteiger partial charge in [0, 0.05) is 41.4 Å². The quantitative estimate of drug-likeness (QED) is 0.450. The average molecular weight is 359 g/mol. The van der Waals surface area contributed by atoms with Gasteiger partial charge in [-0.15, -0.1) is 0 Å². The highest BCUT2D eigenvalue weighted by molar-refractivity contribution is 6.06. The maximum atomic E-state index is 12.8. The number of aryl methyl sites for hydroxylation is 1. The van der Waals surface area contributed by atoms with Crippen molar-refractivity contribution in [2.45, 2.75) is 38.6 Å². The first-order chi connectivity index (χ1) is 13.1. The van der Waals surface area contributed by atoms with Crippen molar-refractivity contribution >= 4 is 11.4 Å². The van der Waals surface area contributed by atoms with E-state index in [1.165, 1.54) is 12.5 Å². The van der Waals surface area contributed by atoms with E-state index in [9.17, 15) is 14.9 Å². The molecule has 0 N–H and O–H groups in total. The van der Waals surface area contributed by atoms with E-state index in [1.54, 1.807) is 0 Å². The SMILES string of the molecule is CC(CCC(=O)C1=C(C#Cc2ccccc2)c2ccccc2CC1)[N+](=O)[O-]. The van der Waals surface area contributed by atoms with Gasteiger partial charge in [-0.25, -0.2) is 0 Å². The van der Waals surface area contributed by atoms with Crippen molar-refractivity contribution in [3.63, 3.8) is 0 Å². The summed E-state index contributed by atoms with van der Waals surface area (Å²) in [6.45, 7) is 1.54. The standard InChI is InChI=1S/C23H21NO3/c1-17(24(26)27)11-16-23(25)22-15-13-19-9-5-6-10-20(19)21(22)14-12-18-7-3-2-4-8-18/h2-10,17H,11,13,15-16H2,1H3. The number of carbonyl (C=O) groups is 1. The number of hydrogen-bond acceptors (Lipinski definition) is 3. The topological polar surface area (TPSA) is 60.2 Å². The van der Waals surface area contributed by atoms with E-state index in [4.69, 9.17) is 0 Å². The van der Waals surface area contributed by atoms with Gasteiger partial charge in [0.2, 0.25) is 6.04 Å². The summed E-state index contributed by atoms with van der Waals surface area (Å²) >= 11 is 0. The van der Waals surface area contributed by atoms with Crippen LogP contribution >= 0.6 is 0 Å². The van der Waals surface area contributed by atoms with E-state index in [2.05, 4.69) is 17.9 Å². The Morgan fingerprint density at radius 3 is 2.52 bits per heavy atom. The maximum absolute atomic E-state index is 12.8. The normalized spacial score (nSPS) is 14.0. The first-order valence-electron chi connectivity index (χ1n) is 9.11. The minimum absolute atomic E-state index is 0.0319. The number of rotatable bonds is 5. The van der Waals surface area contributed by atoms with Crippen LogP contribution in [0.4, 0.5) is 0 Å². The fraction of sp³-hybridized carbons (Fsp3) is 0.261. The highest BCUT2D eigenvalue weighted by Crippen LogP contribution is 2.32. The average Bonchev–Trinajstić information content (AvgIpc) is 2.70. The van der Waals surface area contributed by atoms with Crippen molar-refractivity contribution in [1.29, 1.82) is 0 Å². The molecule has 0 bridgehead atoms. The van der Waals surface area contributed by atoms with Gasteiger partial charge >= 0.3 is 0 Å². The Morgan fingerprint density at radius 2 is 1.78 bits per heavy atom. The van der Waals surface area contributed by atoms with Crippen molar-refractivity contribution in [3.8, 4) is 11.8 Å². The molecule has 2 aromatic rings. The smallest absolute Gasteiger partial charge is 0.210 e. The van der Waals surface area contributed by atoms with E-state index >= 15 is 0 Å². The Balaban J connectivity index is 1.96. The molecule has 136 valence electrons. The highest BCUT2D eigenvalue weighted by atomic mass is 16.6. The van der Waals surface area contributed by atoms with Gasteiger partial charge < -0.3 is 0 Å². The molecule has 0 saturated carbocycles. The fourth-order valence-corrected chi connectivity index (χ4v) is 3.20. The molecule has 0 aromatic heterocycles. The fourth-order valence-electron chi connectivity index (χ4n) is 3.20. The van der Waals surface area contributed by atoms with E-state index < -0.39 is 6.04 Å². The Kier molecular flexibility index (Phi) is 5.83. The van der Waals surface area contributed by atoms with Crippen molar-refractivity contribution < 1.29 is 9.72 Å². The van der Waals surface area contributed by atoms with Crippen LogP contribution in [0, 0.1) is 22.0 Å². The van der Waals surface area contributed by atoms with Crippen molar-refractivity contribution in [2.24, 2.45) is 0 Å². The number of fused-ring (bicyclic) bond motifs is 1. The molecule has 0 radical (unpaired) electrons. The summed E-state index contributed by atoms with van der Waals surface area (Å²) in [5, 5.41) is 10.8. The number of nitro groups is 1. The Bertz CT molecular complexity index is 948. The second-order valence-electron chi connectivity index (χ2n) is 6.72. The van der Waals surface area contributed by atoms with Gasteiger partial charge in [-0.05, 0) is 36.1 Å². The molecule has 4 nitrogen and oxygen atoms in total. The van der Waals surface area contributed by atoms with Gasteiger partial charge in [-0.2, -0.15) is 0 Å². The van der Waals surface area contributed by atoms with Gasteiger partial charge in [0.1, 0.15) is 0 Å². The molecule has 3 rings (SSSR count). The van der Waals surface area contributed by atoms with Crippen LogP contribution in [-0.4, -0.2) is 16.7 Å². The van der Waals surface area contributed by atoms with Gasteiger partial charge in [0.15, 0.2) is 5.78 Å². The molecule has 1 unspecified atom stereocenters. The third kappa shape index (κ3) is 4.51. The van der Waals surface area contributed by atoms with E-state index in [0.29, 0.717) is 12.0 Å². The number of nitrogens with zero attached hydrogens (tertiary/aromatic N) is 1. The molecule has 0 heterocycles. The summed E-state index contributed by atoms with van der Waals surface area (Å²) in [4.78, 5) is 23.3. The molecular formula is C23H21NO3. The minimum Gasteiger partial charge on any atom is -0.295 e. The molecule has 0 aliphatic heterocycles. The highest BCUT2D eigenvalue weighted by Gasteiger charge is 2.24. The molecule has 4 heteroatoms. The predicted octanol–water partition coefficient (Wildman–Crippen LogP) is 4.45. The third-order valence-corrected chi connectivity index (χ3v) is 4.82. The van der Waals surface area contributed by atoms with Crippen LogP contribution in [0.3, 0.4) is 0 Å². The second kappa shape index (κ2) is 8.46. The van der Waals surface area contributed by atoms with E-state index in [1.807, 2.05) is 48.5 Å². The first-order valence-corrected chi connectivity index (χ1v) is 9.11. The lowest BCUT2D eigenvalue weighted by atomic mass is 9.83. The zero-order chi connectivity index (χ0) is 19.2. The van der Waals surface area contributed by atoms with E-state index in [-0.39, 0.29) is 23.5 Å². The summed E-state index contributed by atoms with van der Waals surface area (Å²) in [6, 6.07) is 16.9. The Morgan fingerprint density at radius 1 is 1.07 bits per heavy atom. The monoisotopic (exact) mass is 359 g/mol. The lowest BCUT2D eigenvalue weighted by molar-refractivity contribution is -0.518. The number of ketones is 1. The number of carbonyl (C=O) groups excluding carboxylic acids is 1. The Hall–Kier alpha value is -3.19. The molecule has 2 aromatic carbocycles. The molecular weight excluding hydrogens is 338 g/mol. The minimum atomic E-state index is -0.718. The van der Waals surface area contributed by atoms with Crippen LogP contribution in [0.2, 0.25) is 0 Å². The van der Waals surface area contributed by atoms with Gasteiger partial charge in [-0.1, -0.05) is 54.3 Å². The van der Waals surface area contributed by atoms with Gasteiger partial charge in [0.05, 0.1) is 0 Å². The molecule has 27 heavy (non-hydrogen) atoms. The number of hydrogen-bond donors (Lipinski definition) is 0. The summed E-state index contributed by atoms with van der Waals surface area (Å²) in [7, 11) is 0. The van der Waals surface area contributed by atoms with Crippen LogP contribution in [0.25, 0.3) is 5.57 Å². The summed E-state index contributed by atoms with van der Waals surface area (Å²) in [5.74, 6) is 6.33. The van der Waals surface area contributed by atoms with Crippen molar-refractivity contribution in [1.82, 2.24) is 0 Å². The van der Waals surface area contributed by atoms with Gasteiger partial charge in [-0.3, -0.25) is 14.9 Å². The molecule has 0 saturated heterocycles. The zero-order valence-corrected chi connectivity index (χ0v) is 15.3. The lowest BCUT2D eigenvalue weighted by Crippen LogP contribution is -2.18. The molecule has 1 aliphatic rings. The van der Waals surface area contributed by atoms with Crippen LogP contribution in [-0.2, 0) is 11.2 Å². The number of allylic oxidation sites excluding steroid dienone is 2. The second-order valence-corrected chi connectivity index (χ2v) is 6.72. The molecule has 0 spiro atoms. The summed E-state index contributed by atoms with van der Waals surface area (Å²) < 4.78 is 0. The van der Waals surface area contributed by atoms with Crippen LogP contribution in [0.5, 0.6) is 0 Å². The largest absolute Gasteiger partial charge is 0.295 e. The Labute approximate surface area is 159 Å². The molecule has 1 aliphatic carbocycles. The van der Waals surface area contributed by atoms with Crippen molar-refractivity contribution in [3.05, 3.63) is 87.0 Å². The molecule has 0 fully saturated rings. The zero-order valence-electron chi connectivity index (χ0n) is 15.3. The van der Waals surface area contributed by atoms with E-state index in [0.717, 1.165) is 23.1 Å². The van der Waals surface area contributed by atoms with Crippen LogP contribution in [0.15, 0.2) is 60.2 Å². The third-order valence-electron chi connectivity index (χ3n) is 4.82.